The average Bonchev–Trinajstić information content (AvgIpc) is 2.41. The first-order valence-electron chi connectivity index (χ1n) is 6.89. The van der Waals surface area contributed by atoms with Gasteiger partial charge in [-0.15, -0.1) is 0 Å². The highest BCUT2D eigenvalue weighted by atomic mass is 16.5. The Morgan fingerprint density at radius 3 is 2.44 bits per heavy atom. The zero-order valence-electron chi connectivity index (χ0n) is 11.6. The van der Waals surface area contributed by atoms with Gasteiger partial charge < -0.3 is 16.2 Å². The van der Waals surface area contributed by atoms with Crippen LogP contribution in [0.25, 0.3) is 0 Å². The quantitative estimate of drug-likeness (QED) is 0.743. The summed E-state index contributed by atoms with van der Waals surface area (Å²) >= 11 is 0. The molecule has 0 saturated heterocycles. The van der Waals surface area contributed by atoms with E-state index in [9.17, 15) is 0 Å². The number of ether oxygens (including phenoxy) is 1. The van der Waals surface area contributed by atoms with Crippen LogP contribution in [0.3, 0.4) is 0 Å². The first-order valence-corrected chi connectivity index (χ1v) is 6.89. The van der Waals surface area contributed by atoms with Crippen molar-refractivity contribution in [1.82, 2.24) is 0 Å². The Balaban J connectivity index is 2.76. The second kappa shape index (κ2) is 8.11. The molecule has 0 aliphatic rings. The Bertz CT molecular complexity index is 348. The van der Waals surface area contributed by atoms with Crippen LogP contribution < -0.4 is 16.2 Å². The second-order valence-corrected chi connectivity index (χ2v) is 4.60. The first kappa shape index (κ1) is 15.0. The molecule has 0 spiro atoms. The summed E-state index contributed by atoms with van der Waals surface area (Å²) in [4.78, 5) is 0. The van der Waals surface area contributed by atoms with Crippen molar-refractivity contribution in [1.29, 1.82) is 0 Å². The van der Waals surface area contributed by atoms with Crippen LogP contribution in [0.1, 0.15) is 31.4 Å². The molecule has 0 radical (unpaired) electrons. The Labute approximate surface area is 111 Å². The van der Waals surface area contributed by atoms with E-state index in [0.717, 1.165) is 25.0 Å². The fraction of sp³-hybridized carbons (Fsp3) is 0.600. The molecule has 0 saturated carbocycles. The number of nitrogens with two attached hydrogens (primary N) is 2. The summed E-state index contributed by atoms with van der Waals surface area (Å²) in [6.07, 6.45) is 3.07. The molecule has 0 fully saturated rings. The lowest BCUT2D eigenvalue weighted by molar-refractivity contribution is 0.335. The highest BCUT2D eigenvalue weighted by Crippen LogP contribution is 2.23. The number of rotatable bonds is 8. The van der Waals surface area contributed by atoms with E-state index in [1.807, 2.05) is 6.92 Å². The third kappa shape index (κ3) is 4.31. The fourth-order valence-electron chi connectivity index (χ4n) is 2.04. The summed E-state index contributed by atoms with van der Waals surface area (Å²) in [6.45, 7) is 6.21. The molecule has 18 heavy (non-hydrogen) atoms. The van der Waals surface area contributed by atoms with E-state index in [0.29, 0.717) is 25.6 Å². The molecular formula is C15H26N2O. The standard InChI is InChI=1S/C15H26N2O/c1-3-12-6-8-15(18-4-2)14(9-12)7-5-13(10-16)11-17/h6,8-9,13H,3-5,7,10-11,16-17H2,1-2H3. The molecule has 1 aromatic carbocycles. The minimum atomic E-state index is 0.407. The molecule has 0 aliphatic carbocycles. The molecule has 0 atom stereocenters. The van der Waals surface area contributed by atoms with Crippen molar-refractivity contribution in [2.75, 3.05) is 19.7 Å². The first-order chi connectivity index (χ1) is 8.74. The Morgan fingerprint density at radius 2 is 1.89 bits per heavy atom. The number of hydrogen-bond donors (Lipinski definition) is 2. The minimum absolute atomic E-state index is 0.407. The maximum atomic E-state index is 5.69. The van der Waals surface area contributed by atoms with Gasteiger partial charge in [0.2, 0.25) is 0 Å². The van der Waals surface area contributed by atoms with Gasteiger partial charge in [0.05, 0.1) is 6.61 Å². The van der Waals surface area contributed by atoms with Gasteiger partial charge in [-0.05, 0) is 62.4 Å². The van der Waals surface area contributed by atoms with Gasteiger partial charge in [-0.1, -0.05) is 19.1 Å². The third-order valence-electron chi connectivity index (χ3n) is 3.32. The van der Waals surface area contributed by atoms with E-state index >= 15 is 0 Å². The maximum absolute atomic E-state index is 5.69. The van der Waals surface area contributed by atoms with Crippen LogP contribution in [0.15, 0.2) is 18.2 Å². The third-order valence-corrected chi connectivity index (χ3v) is 3.32. The molecule has 0 aliphatic heterocycles. The molecule has 0 unspecified atom stereocenters. The van der Waals surface area contributed by atoms with Crippen molar-refractivity contribution >= 4 is 0 Å². The SMILES string of the molecule is CCOc1ccc(CC)cc1CCC(CN)CN. The molecule has 1 aromatic rings. The lowest BCUT2D eigenvalue weighted by Gasteiger charge is -2.15. The normalized spacial score (nSPS) is 10.9. The highest BCUT2D eigenvalue weighted by Gasteiger charge is 2.09. The number of aryl methyl sites for hydroxylation is 2. The van der Waals surface area contributed by atoms with Gasteiger partial charge >= 0.3 is 0 Å². The van der Waals surface area contributed by atoms with E-state index in [1.54, 1.807) is 0 Å². The van der Waals surface area contributed by atoms with E-state index < -0.39 is 0 Å². The Morgan fingerprint density at radius 1 is 1.17 bits per heavy atom. The molecule has 0 bridgehead atoms. The zero-order valence-corrected chi connectivity index (χ0v) is 11.6. The van der Waals surface area contributed by atoms with E-state index in [4.69, 9.17) is 16.2 Å². The molecule has 3 heteroatoms. The van der Waals surface area contributed by atoms with Gasteiger partial charge in [0.1, 0.15) is 5.75 Å². The molecule has 4 N–H and O–H groups in total. The van der Waals surface area contributed by atoms with Crippen LogP contribution in [0.5, 0.6) is 5.75 Å². The summed E-state index contributed by atoms with van der Waals surface area (Å²) in [6, 6.07) is 6.46. The molecule has 0 heterocycles. The predicted octanol–water partition coefficient (Wildman–Crippen LogP) is 2.11. The zero-order chi connectivity index (χ0) is 13.4. The Kier molecular flexibility index (Phi) is 6.76. The molecule has 0 aromatic heterocycles. The van der Waals surface area contributed by atoms with Gasteiger partial charge in [-0.2, -0.15) is 0 Å². The summed E-state index contributed by atoms with van der Waals surface area (Å²) < 4.78 is 5.67. The van der Waals surface area contributed by atoms with Gasteiger partial charge in [-0.25, -0.2) is 0 Å². The van der Waals surface area contributed by atoms with Crippen LogP contribution in [0.4, 0.5) is 0 Å². The Hall–Kier alpha value is -1.06. The highest BCUT2D eigenvalue weighted by molar-refractivity contribution is 5.37. The number of benzene rings is 1. The largest absolute Gasteiger partial charge is 0.494 e. The minimum Gasteiger partial charge on any atom is -0.494 e. The van der Waals surface area contributed by atoms with Crippen LogP contribution in [-0.4, -0.2) is 19.7 Å². The van der Waals surface area contributed by atoms with E-state index in [2.05, 4.69) is 25.1 Å². The summed E-state index contributed by atoms with van der Waals surface area (Å²) in [7, 11) is 0. The monoisotopic (exact) mass is 250 g/mol. The summed E-state index contributed by atoms with van der Waals surface area (Å²) in [5, 5.41) is 0. The topological polar surface area (TPSA) is 61.3 Å². The molecule has 1 rings (SSSR count). The van der Waals surface area contributed by atoms with Crippen molar-refractivity contribution in [3.63, 3.8) is 0 Å². The fourth-order valence-corrected chi connectivity index (χ4v) is 2.04. The summed E-state index contributed by atoms with van der Waals surface area (Å²) in [5.74, 6) is 1.41. The van der Waals surface area contributed by atoms with Gasteiger partial charge in [0.25, 0.3) is 0 Å². The second-order valence-electron chi connectivity index (χ2n) is 4.60. The van der Waals surface area contributed by atoms with Crippen molar-refractivity contribution in [3.05, 3.63) is 29.3 Å². The molecule has 0 amide bonds. The average molecular weight is 250 g/mol. The van der Waals surface area contributed by atoms with Gasteiger partial charge in [0, 0.05) is 0 Å². The van der Waals surface area contributed by atoms with Gasteiger partial charge in [0.15, 0.2) is 0 Å². The van der Waals surface area contributed by atoms with Crippen molar-refractivity contribution in [2.24, 2.45) is 17.4 Å². The lowest BCUT2D eigenvalue weighted by Crippen LogP contribution is -2.23. The van der Waals surface area contributed by atoms with E-state index in [1.165, 1.54) is 11.1 Å². The van der Waals surface area contributed by atoms with Crippen LogP contribution in [0.2, 0.25) is 0 Å². The summed E-state index contributed by atoms with van der Waals surface area (Å²) in [5.41, 5.74) is 14.0. The molecular weight excluding hydrogens is 224 g/mol. The van der Waals surface area contributed by atoms with Crippen molar-refractivity contribution in [2.45, 2.75) is 33.1 Å². The predicted molar refractivity (Wildman–Crippen MR) is 76.9 cm³/mol. The van der Waals surface area contributed by atoms with Crippen LogP contribution in [-0.2, 0) is 12.8 Å². The van der Waals surface area contributed by atoms with Crippen molar-refractivity contribution < 1.29 is 4.74 Å². The molecule has 102 valence electrons. The smallest absolute Gasteiger partial charge is 0.122 e. The van der Waals surface area contributed by atoms with E-state index in [-0.39, 0.29) is 0 Å². The van der Waals surface area contributed by atoms with Gasteiger partial charge in [-0.3, -0.25) is 0 Å². The molecule has 3 nitrogen and oxygen atoms in total. The van der Waals surface area contributed by atoms with Crippen LogP contribution >= 0.6 is 0 Å². The van der Waals surface area contributed by atoms with Crippen molar-refractivity contribution in [3.8, 4) is 5.75 Å². The lowest BCUT2D eigenvalue weighted by atomic mass is 9.97. The maximum Gasteiger partial charge on any atom is 0.122 e. The van der Waals surface area contributed by atoms with Crippen LogP contribution in [0, 0.1) is 5.92 Å². The number of hydrogen-bond acceptors (Lipinski definition) is 3.